The van der Waals surface area contributed by atoms with Gasteiger partial charge in [0, 0.05) is 0 Å². The van der Waals surface area contributed by atoms with Crippen LogP contribution in [-0.2, 0) is 5.48 Å². The first-order valence-corrected chi connectivity index (χ1v) is 3.00. The summed E-state index contributed by atoms with van der Waals surface area (Å²) in [6, 6.07) is 0. The van der Waals surface area contributed by atoms with Crippen molar-refractivity contribution in [1.82, 2.24) is 0 Å². The lowest BCUT2D eigenvalue weighted by molar-refractivity contribution is -0.836. The Morgan fingerprint density at radius 2 is 0.556 bits per heavy atom. The summed E-state index contributed by atoms with van der Waals surface area (Å²) in [4.78, 5) is 2.83. The van der Waals surface area contributed by atoms with Crippen LogP contribution in [0.1, 0.15) is 0 Å². The molecule has 0 aliphatic heterocycles. The van der Waals surface area contributed by atoms with E-state index < -0.39 is 0 Å². The van der Waals surface area contributed by atoms with E-state index in [2.05, 4.69) is 42.3 Å². The molecule has 9 heavy (non-hydrogen) atoms. The summed E-state index contributed by atoms with van der Waals surface area (Å²) in [5, 5.41) is 0. The second-order valence-electron chi connectivity index (χ2n) is 3.00. The Kier molecular flexibility index (Phi) is 19.1. The zero-order valence-electron chi connectivity index (χ0n) is 7.41. The van der Waals surface area contributed by atoms with Gasteiger partial charge in [-0.05, 0) is 0 Å². The summed E-state index contributed by atoms with van der Waals surface area (Å²) < 4.78 is 0. The van der Waals surface area contributed by atoms with Crippen LogP contribution in [0.3, 0.4) is 0 Å². The van der Waals surface area contributed by atoms with Crippen molar-refractivity contribution in [2.24, 2.45) is 0 Å². The second-order valence-corrected chi connectivity index (χ2v) is 3.00. The van der Waals surface area contributed by atoms with E-state index in [0.29, 0.717) is 0 Å². The first-order chi connectivity index (χ1) is 3.46. The van der Waals surface area contributed by atoms with Crippen LogP contribution in [0, 0.1) is 0 Å². The van der Waals surface area contributed by atoms with E-state index in [9.17, 15) is 0 Å². The minimum Gasteiger partial charge on any atom is -2.00 e. The third kappa shape index (κ3) is 18900. The van der Waals surface area contributed by atoms with Crippen molar-refractivity contribution in [2.45, 2.75) is 0 Å². The van der Waals surface area contributed by atoms with Crippen LogP contribution in [0.5, 0.6) is 0 Å². The molecule has 0 heterocycles. The SMILES string of the molecule is C[NH+](C)C.C[NH+](C)C.[O-2]. The molecule has 3 nitrogen and oxygen atoms in total. The Morgan fingerprint density at radius 1 is 0.556 bits per heavy atom. The van der Waals surface area contributed by atoms with Crippen molar-refractivity contribution in [1.29, 1.82) is 0 Å². The summed E-state index contributed by atoms with van der Waals surface area (Å²) >= 11 is 0. The summed E-state index contributed by atoms with van der Waals surface area (Å²) in [6.07, 6.45) is 0. The van der Waals surface area contributed by atoms with Gasteiger partial charge in [-0.3, -0.25) is 0 Å². The van der Waals surface area contributed by atoms with Gasteiger partial charge in [0.15, 0.2) is 0 Å². The Labute approximate surface area is 58.6 Å². The molecule has 0 aromatic rings. The highest BCUT2D eigenvalue weighted by Gasteiger charge is 1.61. The molecule has 0 saturated carbocycles. The average Bonchev–Trinajstić information content (AvgIpc) is 1.25. The topological polar surface area (TPSA) is 37.4 Å². The maximum Gasteiger partial charge on any atom is 0.0661 e. The van der Waals surface area contributed by atoms with Crippen molar-refractivity contribution in [2.75, 3.05) is 42.3 Å². The number of rotatable bonds is 0. The molecule has 0 aromatic heterocycles. The summed E-state index contributed by atoms with van der Waals surface area (Å²) in [5.41, 5.74) is 0. The zero-order valence-corrected chi connectivity index (χ0v) is 7.41. The molecule has 0 bridgehead atoms. The van der Waals surface area contributed by atoms with Gasteiger partial charge >= 0.3 is 0 Å². The zero-order chi connectivity index (χ0) is 7.15. The van der Waals surface area contributed by atoms with Crippen molar-refractivity contribution < 1.29 is 15.3 Å². The molecule has 60 valence electrons. The van der Waals surface area contributed by atoms with E-state index in [-0.39, 0.29) is 5.48 Å². The molecule has 0 aliphatic rings. The number of nitrogens with one attached hydrogen (secondary N) is 2. The lowest BCUT2D eigenvalue weighted by Gasteiger charge is -2.00. The summed E-state index contributed by atoms with van der Waals surface area (Å²) in [7, 11) is 12.5. The van der Waals surface area contributed by atoms with Gasteiger partial charge < -0.3 is 15.3 Å². The highest BCUT2D eigenvalue weighted by molar-refractivity contribution is 3.59. The van der Waals surface area contributed by atoms with E-state index in [4.69, 9.17) is 0 Å². The predicted octanol–water partition coefficient (Wildman–Crippen LogP) is -2.60. The second kappa shape index (κ2) is 10.8. The molecule has 0 radical (unpaired) electrons. The first kappa shape index (κ1) is 15.9. The third-order valence-corrected chi connectivity index (χ3v) is 0. The Morgan fingerprint density at radius 3 is 0.556 bits per heavy atom. The summed E-state index contributed by atoms with van der Waals surface area (Å²) in [6.45, 7) is 0. The van der Waals surface area contributed by atoms with Gasteiger partial charge in [0.25, 0.3) is 0 Å². The predicted molar refractivity (Wildman–Crippen MR) is 38.2 cm³/mol. The van der Waals surface area contributed by atoms with E-state index >= 15 is 0 Å². The normalized spacial score (nSPS) is 8.00. The summed E-state index contributed by atoms with van der Waals surface area (Å²) in [5.74, 6) is 0. The van der Waals surface area contributed by atoms with Crippen LogP contribution in [-0.4, -0.2) is 42.3 Å². The Balaban J connectivity index is -0.0000000720. The number of hydrogen-bond donors (Lipinski definition) is 2. The van der Waals surface area contributed by atoms with Crippen molar-refractivity contribution in [3.05, 3.63) is 0 Å². The van der Waals surface area contributed by atoms with Gasteiger partial charge in [-0.1, -0.05) is 0 Å². The van der Waals surface area contributed by atoms with Gasteiger partial charge in [-0.25, -0.2) is 0 Å². The van der Waals surface area contributed by atoms with E-state index in [0.717, 1.165) is 0 Å². The van der Waals surface area contributed by atoms with Crippen LogP contribution in [0.2, 0.25) is 0 Å². The fourth-order valence-electron chi connectivity index (χ4n) is 0. The lowest BCUT2D eigenvalue weighted by Crippen LogP contribution is -3.02. The molecule has 3 heteroatoms. The highest BCUT2D eigenvalue weighted by atomic mass is 16.0. The van der Waals surface area contributed by atoms with Gasteiger partial charge in [0.1, 0.15) is 0 Å². The highest BCUT2D eigenvalue weighted by Crippen LogP contribution is 0.868. The van der Waals surface area contributed by atoms with Crippen molar-refractivity contribution in [3.8, 4) is 0 Å². The molecular formula is C6H20N2O. The molecule has 0 aromatic carbocycles. The van der Waals surface area contributed by atoms with Gasteiger partial charge in [0.05, 0.1) is 42.3 Å². The monoisotopic (exact) mass is 136 g/mol. The molecule has 0 atom stereocenters. The largest absolute Gasteiger partial charge is 2.00 e. The smallest absolute Gasteiger partial charge is 0.0661 e. The first-order valence-electron chi connectivity index (χ1n) is 3.00. The van der Waals surface area contributed by atoms with Crippen molar-refractivity contribution >= 4 is 0 Å². The molecule has 0 spiro atoms. The molecule has 0 fully saturated rings. The van der Waals surface area contributed by atoms with Crippen molar-refractivity contribution in [3.63, 3.8) is 0 Å². The Bertz CT molecular complexity index is 26.5. The molecule has 0 saturated heterocycles. The quantitative estimate of drug-likeness (QED) is 0.366. The van der Waals surface area contributed by atoms with Crippen LogP contribution in [0.4, 0.5) is 0 Å². The Hall–Kier alpha value is -0.120. The number of hydrogen-bond acceptors (Lipinski definition) is 0. The molecule has 2 N–H and O–H groups in total. The van der Waals surface area contributed by atoms with Gasteiger partial charge in [-0.2, -0.15) is 0 Å². The minimum atomic E-state index is 0. The van der Waals surface area contributed by atoms with Crippen LogP contribution >= 0.6 is 0 Å². The molecule has 0 aliphatic carbocycles. The molecule has 0 amide bonds. The maximum absolute atomic E-state index is 2.08. The van der Waals surface area contributed by atoms with E-state index in [1.807, 2.05) is 0 Å². The lowest BCUT2D eigenvalue weighted by atomic mass is 11.0. The third-order valence-electron chi connectivity index (χ3n) is 0. The number of quaternary nitrogens is 2. The van der Waals surface area contributed by atoms with Crippen LogP contribution < -0.4 is 9.80 Å². The van der Waals surface area contributed by atoms with Gasteiger partial charge in [0.2, 0.25) is 0 Å². The van der Waals surface area contributed by atoms with Crippen LogP contribution in [0.25, 0.3) is 0 Å². The standard InChI is InChI=1S/2C3H9N.O/c2*1-4(2)3;/h2*1-3H3;/q;;-2/p+2. The fourth-order valence-corrected chi connectivity index (χ4v) is 0. The van der Waals surface area contributed by atoms with E-state index in [1.165, 1.54) is 9.80 Å². The maximum atomic E-state index is 2.08. The van der Waals surface area contributed by atoms with Crippen LogP contribution in [0.15, 0.2) is 0 Å². The fraction of sp³-hybridized carbons (Fsp3) is 1.00. The minimum absolute atomic E-state index is 0. The average molecular weight is 136 g/mol. The molecule has 0 rings (SSSR count). The van der Waals surface area contributed by atoms with E-state index in [1.54, 1.807) is 0 Å². The van der Waals surface area contributed by atoms with Gasteiger partial charge in [-0.15, -0.1) is 0 Å². The molecular weight excluding hydrogens is 116 g/mol. The molecule has 0 unspecified atom stereocenters.